The van der Waals surface area contributed by atoms with Gasteiger partial charge in [0.1, 0.15) is 5.69 Å². The number of hydrogen-bond donors (Lipinski definition) is 2. The number of nitrogens with one attached hydrogen (secondary N) is 2. The average molecular weight is 729 g/mol. The minimum atomic E-state index is -0.680. The van der Waals surface area contributed by atoms with E-state index in [4.69, 9.17) is 27.9 Å². The molecule has 2 N–H and O–H groups in total. The lowest BCUT2D eigenvalue weighted by Gasteiger charge is -2.12. The van der Waals surface area contributed by atoms with Crippen molar-refractivity contribution in [1.82, 2.24) is 10.4 Å². The molecule has 0 atom stereocenters. The zero-order valence-corrected chi connectivity index (χ0v) is 26.9. The van der Waals surface area contributed by atoms with Crippen LogP contribution in [0.4, 0.5) is 5.69 Å². The van der Waals surface area contributed by atoms with Gasteiger partial charge < -0.3 is 14.6 Å². The fourth-order valence-electron chi connectivity index (χ4n) is 4.34. The van der Waals surface area contributed by atoms with Gasteiger partial charge in [-0.25, -0.2) is 10.2 Å². The highest BCUT2D eigenvalue weighted by molar-refractivity contribution is 9.11. The molecule has 5 rings (SSSR count). The number of carbonyl (C=O) groups excluding carboxylic acids is 2. The highest BCUT2D eigenvalue weighted by Crippen LogP contribution is 2.35. The van der Waals surface area contributed by atoms with Crippen LogP contribution >= 0.6 is 55.1 Å². The quantitative estimate of drug-likeness (QED) is 0.0760. The highest BCUT2D eigenvalue weighted by atomic mass is 79.9. The molecule has 0 aliphatic heterocycles. The van der Waals surface area contributed by atoms with E-state index in [0.29, 0.717) is 25.2 Å². The molecule has 0 unspecified atom stereocenters. The molecule has 0 spiro atoms. The maximum atomic E-state index is 13.5. The number of esters is 1. The number of anilines is 1. The van der Waals surface area contributed by atoms with Gasteiger partial charge in [0, 0.05) is 51.3 Å². The Kier molecular flexibility index (Phi) is 9.03. The third kappa shape index (κ3) is 6.39. The molecule has 0 saturated heterocycles. The first-order chi connectivity index (χ1) is 20.1. The Labute approximate surface area is 268 Å². The zero-order chi connectivity index (χ0) is 30.0. The van der Waals surface area contributed by atoms with Gasteiger partial charge in [0.2, 0.25) is 0 Å². The minimum Gasteiger partial charge on any atom is -0.421 e. The monoisotopic (exact) mass is 726 g/mol. The molecule has 0 saturated carbocycles. The Morgan fingerprint density at radius 1 is 0.976 bits per heavy atom. The van der Waals surface area contributed by atoms with Gasteiger partial charge in [0.25, 0.3) is 5.91 Å². The van der Waals surface area contributed by atoms with Crippen LogP contribution in [-0.4, -0.2) is 37.2 Å². The summed E-state index contributed by atoms with van der Waals surface area (Å²) < 4.78 is 6.87. The maximum absolute atomic E-state index is 13.5. The van der Waals surface area contributed by atoms with Crippen molar-refractivity contribution in [2.75, 3.05) is 19.0 Å². The molecule has 11 heteroatoms. The standard InChI is InChI=1S/C31H22Br2Cl2N4O3/c1-39(2)21-9-11-26-23(15-21)27(17-6-4-3-5-7-17)28(37-26)30(40)38-36-16-18-12-19(32)13-24(33)29(18)42-31(41)22-10-8-20(34)14-25(22)35/h3-16,37H,1-2H3,(H,38,40). The summed E-state index contributed by atoms with van der Waals surface area (Å²) >= 11 is 19.0. The van der Waals surface area contributed by atoms with Crippen LogP contribution in [0.2, 0.25) is 10.0 Å². The molecular weight excluding hydrogens is 707 g/mol. The Balaban J connectivity index is 1.45. The van der Waals surface area contributed by atoms with E-state index in [2.05, 4.69) is 47.4 Å². The second-order valence-electron chi connectivity index (χ2n) is 9.38. The second-order valence-corrected chi connectivity index (χ2v) is 12.0. The number of aromatic amines is 1. The molecule has 7 nitrogen and oxygen atoms in total. The van der Waals surface area contributed by atoms with E-state index in [1.165, 1.54) is 18.3 Å². The van der Waals surface area contributed by atoms with Gasteiger partial charge in [0.05, 0.1) is 21.3 Å². The number of H-pyrrole nitrogens is 1. The predicted octanol–water partition coefficient (Wildman–Crippen LogP) is 8.72. The molecule has 0 radical (unpaired) electrons. The number of benzene rings is 4. The first-order valence-electron chi connectivity index (χ1n) is 12.5. The van der Waals surface area contributed by atoms with E-state index in [9.17, 15) is 9.59 Å². The van der Waals surface area contributed by atoms with Crippen LogP contribution in [0.1, 0.15) is 26.4 Å². The van der Waals surface area contributed by atoms with Gasteiger partial charge in [-0.05, 0) is 70.0 Å². The number of carbonyl (C=O) groups is 2. The molecule has 1 aromatic heterocycles. The van der Waals surface area contributed by atoms with Gasteiger partial charge in [-0.1, -0.05) is 69.5 Å². The molecule has 0 fully saturated rings. The number of fused-ring (bicyclic) bond motifs is 1. The molecule has 0 aliphatic carbocycles. The SMILES string of the molecule is CN(C)c1ccc2[nH]c(C(=O)NN=Cc3cc(Br)cc(Br)c3OC(=O)c3ccc(Cl)cc3Cl)c(-c3ccccc3)c2c1. The smallest absolute Gasteiger partial charge is 0.345 e. The molecule has 4 aromatic carbocycles. The fourth-order valence-corrected chi connectivity index (χ4v) is 6.16. The molecule has 1 amide bonds. The molecular formula is C31H22Br2Cl2N4O3. The first kappa shape index (κ1) is 29.8. The summed E-state index contributed by atoms with van der Waals surface area (Å²) in [7, 11) is 3.93. The van der Waals surface area contributed by atoms with E-state index in [-0.39, 0.29) is 16.3 Å². The number of halogens is 4. The number of hydrogen-bond acceptors (Lipinski definition) is 5. The van der Waals surface area contributed by atoms with Crippen LogP contribution in [-0.2, 0) is 0 Å². The largest absolute Gasteiger partial charge is 0.421 e. The van der Waals surface area contributed by atoms with Gasteiger partial charge in [-0.15, -0.1) is 0 Å². The van der Waals surface area contributed by atoms with Crippen LogP contribution in [0.15, 0.2) is 92.9 Å². The van der Waals surface area contributed by atoms with Crippen LogP contribution < -0.4 is 15.1 Å². The lowest BCUT2D eigenvalue weighted by atomic mass is 10.0. The van der Waals surface area contributed by atoms with Gasteiger partial charge >= 0.3 is 5.97 Å². The lowest BCUT2D eigenvalue weighted by Crippen LogP contribution is -2.19. The molecule has 1 heterocycles. The summed E-state index contributed by atoms with van der Waals surface area (Å²) in [6, 6.07) is 23.6. The molecule has 0 aliphatic rings. The van der Waals surface area contributed by atoms with Crippen molar-refractivity contribution in [2.24, 2.45) is 5.10 Å². The fraction of sp³-hybridized carbons (Fsp3) is 0.0645. The number of nitrogens with zero attached hydrogens (tertiary/aromatic N) is 2. The average Bonchev–Trinajstić information content (AvgIpc) is 3.34. The molecule has 42 heavy (non-hydrogen) atoms. The van der Waals surface area contributed by atoms with Crippen molar-refractivity contribution in [3.8, 4) is 16.9 Å². The predicted molar refractivity (Wildman–Crippen MR) is 176 cm³/mol. The van der Waals surface area contributed by atoms with Crippen molar-refractivity contribution in [1.29, 1.82) is 0 Å². The molecule has 212 valence electrons. The summed E-state index contributed by atoms with van der Waals surface area (Å²) in [4.78, 5) is 31.6. The van der Waals surface area contributed by atoms with Gasteiger partial charge in [0.15, 0.2) is 5.75 Å². The third-order valence-corrected chi connectivity index (χ3v) is 7.94. The van der Waals surface area contributed by atoms with Crippen molar-refractivity contribution in [2.45, 2.75) is 0 Å². The summed E-state index contributed by atoms with van der Waals surface area (Å²) in [6.07, 6.45) is 1.40. The van der Waals surface area contributed by atoms with Crippen molar-refractivity contribution >= 4 is 89.7 Å². The minimum absolute atomic E-state index is 0.150. The van der Waals surface area contributed by atoms with Gasteiger partial charge in [-0.3, -0.25) is 4.79 Å². The van der Waals surface area contributed by atoms with Crippen LogP contribution in [0.3, 0.4) is 0 Å². The highest BCUT2D eigenvalue weighted by Gasteiger charge is 2.21. The van der Waals surface area contributed by atoms with Crippen molar-refractivity contribution in [3.63, 3.8) is 0 Å². The number of hydrazone groups is 1. The summed E-state index contributed by atoms with van der Waals surface area (Å²) in [6.45, 7) is 0. The van der Waals surface area contributed by atoms with Gasteiger partial charge in [-0.2, -0.15) is 5.10 Å². The lowest BCUT2D eigenvalue weighted by molar-refractivity contribution is 0.0733. The Morgan fingerprint density at radius 3 is 2.45 bits per heavy atom. The van der Waals surface area contributed by atoms with E-state index < -0.39 is 11.9 Å². The zero-order valence-electron chi connectivity index (χ0n) is 22.2. The van der Waals surface area contributed by atoms with E-state index in [0.717, 1.165) is 27.7 Å². The number of aromatic nitrogens is 1. The Hall–Kier alpha value is -3.63. The Morgan fingerprint density at radius 2 is 1.74 bits per heavy atom. The van der Waals surface area contributed by atoms with E-state index in [1.807, 2.05) is 67.5 Å². The topological polar surface area (TPSA) is 86.8 Å². The summed E-state index contributed by atoms with van der Waals surface area (Å²) in [5.41, 5.74) is 7.02. The third-order valence-electron chi connectivity index (χ3n) is 6.34. The molecule has 5 aromatic rings. The maximum Gasteiger partial charge on any atom is 0.345 e. The summed E-state index contributed by atoms with van der Waals surface area (Å²) in [5.74, 6) is -0.923. The number of rotatable bonds is 7. The van der Waals surface area contributed by atoms with E-state index >= 15 is 0 Å². The van der Waals surface area contributed by atoms with Crippen LogP contribution in [0.25, 0.3) is 22.0 Å². The number of amides is 1. The van der Waals surface area contributed by atoms with Crippen LogP contribution in [0, 0.1) is 0 Å². The molecule has 0 bridgehead atoms. The second kappa shape index (κ2) is 12.7. The van der Waals surface area contributed by atoms with Crippen molar-refractivity contribution in [3.05, 3.63) is 115 Å². The normalized spacial score (nSPS) is 11.2. The van der Waals surface area contributed by atoms with Crippen molar-refractivity contribution < 1.29 is 14.3 Å². The van der Waals surface area contributed by atoms with Crippen LogP contribution in [0.5, 0.6) is 5.75 Å². The Bertz CT molecular complexity index is 1860. The van der Waals surface area contributed by atoms with E-state index in [1.54, 1.807) is 18.2 Å². The number of ether oxygens (including phenoxy) is 1. The first-order valence-corrected chi connectivity index (χ1v) is 14.8. The summed E-state index contributed by atoms with van der Waals surface area (Å²) in [5, 5.41) is 5.66.